The van der Waals surface area contributed by atoms with Crippen LogP contribution in [0.2, 0.25) is 0 Å². The van der Waals surface area contributed by atoms with E-state index in [2.05, 4.69) is 20.0 Å². The van der Waals surface area contributed by atoms with Crippen LogP contribution in [0.3, 0.4) is 0 Å². The zero-order chi connectivity index (χ0) is 28.3. The number of carboxylic acid groups (broad SMARTS) is 2. The van der Waals surface area contributed by atoms with Crippen LogP contribution in [-0.4, -0.2) is 92.3 Å². The van der Waals surface area contributed by atoms with Crippen molar-refractivity contribution in [2.75, 3.05) is 24.7 Å². The summed E-state index contributed by atoms with van der Waals surface area (Å²) in [5.74, 6) is -4.74. The van der Waals surface area contributed by atoms with Gasteiger partial charge in [-0.25, -0.2) is 19.6 Å². The predicted octanol–water partition coefficient (Wildman–Crippen LogP) is 2.78. The highest BCUT2D eigenvalue weighted by Crippen LogP contribution is 2.32. The third-order valence-corrected chi connectivity index (χ3v) is 5.19. The number of hydrogen-bond donors (Lipinski definition) is 2. The number of aliphatic carboxylic acids is 2. The maximum absolute atomic E-state index is 10.6. The van der Waals surface area contributed by atoms with E-state index in [1.165, 1.54) is 0 Å². The van der Waals surface area contributed by atoms with E-state index in [0.717, 1.165) is 44.9 Å². The maximum atomic E-state index is 10.6. The highest BCUT2D eigenvalue weighted by atomic mass is 19.4. The van der Waals surface area contributed by atoms with Gasteiger partial charge in [0.25, 0.3) is 0 Å². The molecule has 4 rings (SSSR count). The first kappa shape index (κ1) is 30.8. The summed E-state index contributed by atoms with van der Waals surface area (Å²) in [6.07, 6.45) is 0.520. The molecule has 0 aromatic carbocycles. The van der Waals surface area contributed by atoms with Crippen molar-refractivity contribution in [3.63, 3.8) is 0 Å². The number of aromatic nitrogens is 4. The number of hydrogen-bond acceptors (Lipinski definition) is 8. The SMILES string of the molecule is O=C(O)C(F)(F)F.O=C(O)C(F)(F)F.c1cnc(N2C[C@@H](OCCCn3cccn3)[C@H]3OCCC[C@H]32)nc1. The van der Waals surface area contributed by atoms with Crippen molar-refractivity contribution in [1.29, 1.82) is 0 Å². The standard InChI is InChI=1S/C17H23N5O2.2C2HF3O2/c1-5-14-16(24-11-1)15(13-22(14)17-18-6-2-7-19-17)23-12-4-10-21-9-3-8-20-21;2*3-2(4,5)1(6)7/h2-3,6-9,14-16H,1,4-5,10-13H2;2*(H,6,7)/t14-,15-,16+;;/m1../s1. The summed E-state index contributed by atoms with van der Waals surface area (Å²) in [6, 6.07) is 4.10. The summed E-state index contributed by atoms with van der Waals surface area (Å²) < 4.78 is 77.6. The van der Waals surface area contributed by atoms with Crippen LogP contribution in [0, 0.1) is 0 Å². The lowest BCUT2D eigenvalue weighted by Gasteiger charge is -2.32. The largest absolute Gasteiger partial charge is 0.490 e. The molecule has 4 heterocycles. The third kappa shape index (κ3) is 9.77. The lowest BCUT2D eigenvalue weighted by molar-refractivity contribution is -0.193. The summed E-state index contributed by atoms with van der Waals surface area (Å²) in [4.78, 5) is 28.9. The summed E-state index contributed by atoms with van der Waals surface area (Å²) in [7, 11) is 0. The summed E-state index contributed by atoms with van der Waals surface area (Å²) in [5, 5.41) is 18.5. The first-order valence-electron chi connectivity index (χ1n) is 11.1. The minimum atomic E-state index is -5.08. The number of nitrogens with zero attached hydrogens (tertiary/aromatic N) is 5. The Morgan fingerprint density at radius 1 is 1.03 bits per heavy atom. The average Bonchev–Trinajstić information content (AvgIpc) is 3.50. The van der Waals surface area contributed by atoms with Gasteiger partial charge in [-0.2, -0.15) is 31.4 Å². The molecule has 38 heavy (non-hydrogen) atoms. The Bertz CT molecular complexity index is 969. The lowest BCUT2D eigenvalue weighted by atomic mass is 10.0. The van der Waals surface area contributed by atoms with Crippen molar-refractivity contribution >= 4 is 17.9 Å². The number of carboxylic acids is 2. The first-order valence-corrected chi connectivity index (χ1v) is 11.1. The molecule has 2 aromatic heterocycles. The second kappa shape index (κ2) is 13.9. The van der Waals surface area contributed by atoms with Crippen molar-refractivity contribution in [3.05, 3.63) is 36.9 Å². The minimum Gasteiger partial charge on any atom is -0.475 e. The molecule has 2 fully saturated rings. The van der Waals surface area contributed by atoms with Gasteiger partial charge < -0.3 is 24.6 Å². The maximum Gasteiger partial charge on any atom is 0.490 e. The van der Waals surface area contributed by atoms with Crippen LogP contribution >= 0.6 is 0 Å². The fraction of sp³-hybridized carbons (Fsp3) is 0.571. The number of rotatable bonds is 6. The molecule has 2 aliphatic rings. The van der Waals surface area contributed by atoms with Crippen LogP contribution < -0.4 is 4.90 Å². The molecule has 0 amide bonds. The molecule has 0 aliphatic carbocycles. The topological polar surface area (TPSA) is 140 Å². The molecule has 0 bridgehead atoms. The van der Waals surface area contributed by atoms with Gasteiger partial charge in [-0.05, 0) is 31.4 Å². The van der Waals surface area contributed by atoms with E-state index >= 15 is 0 Å². The molecule has 0 radical (unpaired) electrons. The minimum absolute atomic E-state index is 0.0803. The van der Waals surface area contributed by atoms with Gasteiger partial charge in [0, 0.05) is 44.5 Å². The Morgan fingerprint density at radius 3 is 2.16 bits per heavy atom. The second-order valence-corrected chi connectivity index (χ2v) is 7.88. The molecule has 0 spiro atoms. The summed E-state index contributed by atoms with van der Waals surface area (Å²) in [5.41, 5.74) is 0. The van der Waals surface area contributed by atoms with Gasteiger partial charge in [0.1, 0.15) is 12.2 Å². The van der Waals surface area contributed by atoms with Crippen LogP contribution in [0.25, 0.3) is 0 Å². The fourth-order valence-corrected chi connectivity index (χ4v) is 3.62. The van der Waals surface area contributed by atoms with Crippen molar-refractivity contribution < 1.29 is 55.6 Å². The highest BCUT2D eigenvalue weighted by molar-refractivity contribution is 5.73. The number of alkyl halides is 6. The van der Waals surface area contributed by atoms with Gasteiger partial charge in [0.15, 0.2) is 0 Å². The van der Waals surface area contributed by atoms with E-state index in [1.54, 1.807) is 18.6 Å². The molecule has 2 aliphatic heterocycles. The lowest BCUT2D eigenvalue weighted by Crippen LogP contribution is -2.42. The van der Waals surface area contributed by atoms with Gasteiger partial charge in [-0.3, -0.25) is 4.68 Å². The number of ether oxygens (including phenoxy) is 2. The van der Waals surface area contributed by atoms with Crippen LogP contribution in [-0.2, 0) is 25.6 Å². The predicted molar refractivity (Wildman–Crippen MR) is 116 cm³/mol. The van der Waals surface area contributed by atoms with Crippen molar-refractivity contribution in [1.82, 2.24) is 19.7 Å². The number of aryl methyl sites for hydroxylation is 1. The number of carbonyl (C=O) groups is 2. The van der Waals surface area contributed by atoms with E-state index in [4.69, 9.17) is 29.3 Å². The Hall–Kier alpha value is -3.47. The van der Waals surface area contributed by atoms with Crippen LogP contribution in [0.5, 0.6) is 0 Å². The molecule has 3 atom stereocenters. The molecule has 17 heteroatoms. The zero-order valence-corrected chi connectivity index (χ0v) is 19.7. The number of anilines is 1. The quantitative estimate of drug-likeness (QED) is 0.403. The van der Waals surface area contributed by atoms with Gasteiger partial charge in [-0.15, -0.1) is 0 Å². The Morgan fingerprint density at radius 2 is 1.63 bits per heavy atom. The molecule has 2 N–H and O–H groups in total. The van der Waals surface area contributed by atoms with E-state index in [9.17, 15) is 26.3 Å². The fourth-order valence-electron chi connectivity index (χ4n) is 3.62. The van der Waals surface area contributed by atoms with Gasteiger partial charge in [0.05, 0.1) is 12.6 Å². The van der Waals surface area contributed by atoms with Crippen molar-refractivity contribution in [3.8, 4) is 0 Å². The normalized spacial score (nSPS) is 20.9. The molecule has 11 nitrogen and oxygen atoms in total. The molecule has 0 unspecified atom stereocenters. The van der Waals surface area contributed by atoms with E-state index in [-0.39, 0.29) is 12.2 Å². The van der Waals surface area contributed by atoms with Gasteiger partial charge in [-0.1, -0.05) is 0 Å². The average molecular weight is 557 g/mol. The zero-order valence-electron chi connectivity index (χ0n) is 19.7. The van der Waals surface area contributed by atoms with Crippen LogP contribution in [0.4, 0.5) is 32.3 Å². The highest BCUT2D eigenvalue weighted by Gasteiger charge is 2.45. The van der Waals surface area contributed by atoms with Gasteiger partial charge in [0.2, 0.25) is 5.95 Å². The number of halogens is 6. The Kier molecular flexibility index (Phi) is 11.2. The van der Waals surface area contributed by atoms with Crippen molar-refractivity contribution in [2.24, 2.45) is 0 Å². The molecular formula is C21H25F6N5O6. The van der Waals surface area contributed by atoms with E-state index < -0.39 is 24.3 Å². The monoisotopic (exact) mass is 557 g/mol. The third-order valence-electron chi connectivity index (χ3n) is 5.19. The van der Waals surface area contributed by atoms with E-state index in [0.29, 0.717) is 12.6 Å². The molecule has 2 aromatic rings. The van der Waals surface area contributed by atoms with Crippen LogP contribution in [0.15, 0.2) is 36.9 Å². The first-order chi connectivity index (χ1) is 17.8. The smallest absolute Gasteiger partial charge is 0.475 e. The Balaban J connectivity index is 0.000000301. The number of fused-ring (bicyclic) bond motifs is 1. The molecule has 0 saturated carbocycles. The van der Waals surface area contributed by atoms with Crippen LogP contribution in [0.1, 0.15) is 19.3 Å². The van der Waals surface area contributed by atoms with Gasteiger partial charge >= 0.3 is 24.3 Å². The molecule has 2 saturated heterocycles. The molecule has 212 valence electrons. The van der Waals surface area contributed by atoms with Crippen molar-refractivity contribution in [2.45, 2.75) is 56.4 Å². The Labute approximate surface area is 212 Å². The second-order valence-electron chi connectivity index (χ2n) is 7.88. The molecular weight excluding hydrogens is 532 g/mol. The summed E-state index contributed by atoms with van der Waals surface area (Å²) >= 11 is 0. The summed E-state index contributed by atoms with van der Waals surface area (Å²) in [6.45, 7) is 3.19. The van der Waals surface area contributed by atoms with E-state index in [1.807, 2.05) is 23.0 Å².